The van der Waals surface area contributed by atoms with E-state index < -0.39 is 0 Å². The highest BCUT2D eigenvalue weighted by Crippen LogP contribution is 1.99. The zero-order valence-electron chi connectivity index (χ0n) is 13.6. The zero-order chi connectivity index (χ0) is 15.5. The third kappa shape index (κ3) is 9.59. The summed E-state index contributed by atoms with van der Waals surface area (Å²) in [6.07, 6.45) is 0.438. The van der Waals surface area contributed by atoms with Crippen molar-refractivity contribution >= 4 is 35.8 Å². The number of nitrogens with zero attached hydrogens (tertiary/aromatic N) is 1. The molecule has 0 saturated carbocycles. The molecular formula is C16H27IN4O. The van der Waals surface area contributed by atoms with Gasteiger partial charge in [0.15, 0.2) is 5.96 Å². The molecule has 124 valence electrons. The molecule has 0 spiro atoms. The minimum atomic E-state index is 0. The first kappa shape index (κ1) is 20.7. The summed E-state index contributed by atoms with van der Waals surface area (Å²) in [5.74, 6) is 0.787. The maximum atomic E-state index is 11.6. The fraction of sp³-hybridized carbons (Fsp3) is 0.500. The Morgan fingerprint density at radius 3 is 2.45 bits per heavy atom. The van der Waals surface area contributed by atoms with E-state index >= 15 is 0 Å². The smallest absolute Gasteiger partial charge is 0.221 e. The molecule has 0 aliphatic rings. The number of carbonyl (C=O) groups excluding carboxylic acids is 1. The van der Waals surface area contributed by atoms with E-state index in [-0.39, 0.29) is 35.9 Å². The normalized spacial score (nSPS) is 10.8. The second-order valence-electron chi connectivity index (χ2n) is 5.08. The zero-order valence-corrected chi connectivity index (χ0v) is 15.9. The summed E-state index contributed by atoms with van der Waals surface area (Å²) in [4.78, 5) is 16.1. The number of carbonyl (C=O) groups is 1. The summed E-state index contributed by atoms with van der Waals surface area (Å²) < 4.78 is 0. The van der Waals surface area contributed by atoms with Crippen molar-refractivity contribution in [2.24, 2.45) is 4.99 Å². The van der Waals surface area contributed by atoms with Crippen LogP contribution in [0, 0.1) is 0 Å². The van der Waals surface area contributed by atoms with Crippen molar-refractivity contribution in [2.45, 2.75) is 39.8 Å². The van der Waals surface area contributed by atoms with Crippen LogP contribution in [-0.4, -0.2) is 31.0 Å². The Hall–Kier alpha value is -1.31. The molecule has 0 aliphatic carbocycles. The molecule has 0 bridgehead atoms. The minimum Gasteiger partial charge on any atom is -0.357 e. The number of benzene rings is 1. The van der Waals surface area contributed by atoms with Gasteiger partial charge >= 0.3 is 0 Å². The highest BCUT2D eigenvalue weighted by Gasteiger charge is 2.03. The van der Waals surface area contributed by atoms with Crippen LogP contribution in [0.25, 0.3) is 0 Å². The fourth-order valence-electron chi connectivity index (χ4n) is 1.78. The Kier molecular flexibility index (Phi) is 11.5. The third-order valence-electron chi connectivity index (χ3n) is 2.70. The Morgan fingerprint density at radius 2 is 1.86 bits per heavy atom. The lowest BCUT2D eigenvalue weighted by Crippen LogP contribution is -2.40. The van der Waals surface area contributed by atoms with E-state index in [1.165, 1.54) is 0 Å². The summed E-state index contributed by atoms with van der Waals surface area (Å²) in [7, 11) is 0. The molecule has 1 aromatic carbocycles. The highest BCUT2D eigenvalue weighted by atomic mass is 127. The van der Waals surface area contributed by atoms with E-state index in [2.05, 4.69) is 20.9 Å². The van der Waals surface area contributed by atoms with Gasteiger partial charge in [-0.05, 0) is 26.3 Å². The molecule has 0 fully saturated rings. The van der Waals surface area contributed by atoms with Crippen LogP contribution in [0.15, 0.2) is 35.3 Å². The van der Waals surface area contributed by atoms with Crippen molar-refractivity contribution in [1.82, 2.24) is 16.0 Å². The van der Waals surface area contributed by atoms with Gasteiger partial charge in [-0.1, -0.05) is 30.3 Å². The molecule has 0 radical (unpaired) electrons. The third-order valence-corrected chi connectivity index (χ3v) is 2.70. The van der Waals surface area contributed by atoms with Gasteiger partial charge in [0.2, 0.25) is 5.91 Å². The van der Waals surface area contributed by atoms with E-state index in [0.29, 0.717) is 19.5 Å². The van der Waals surface area contributed by atoms with Gasteiger partial charge in [-0.2, -0.15) is 0 Å². The summed E-state index contributed by atoms with van der Waals surface area (Å²) in [5.41, 5.74) is 1.16. The van der Waals surface area contributed by atoms with E-state index in [4.69, 9.17) is 0 Å². The second kappa shape index (κ2) is 12.3. The van der Waals surface area contributed by atoms with Gasteiger partial charge < -0.3 is 16.0 Å². The van der Waals surface area contributed by atoms with Gasteiger partial charge in [0.25, 0.3) is 0 Å². The molecule has 22 heavy (non-hydrogen) atoms. The lowest BCUT2D eigenvalue weighted by molar-refractivity contribution is -0.121. The van der Waals surface area contributed by atoms with E-state index in [9.17, 15) is 4.79 Å². The van der Waals surface area contributed by atoms with Gasteiger partial charge in [-0.15, -0.1) is 24.0 Å². The number of nitrogens with one attached hydrogen (secondary N) is 3. The number of halogens is 1. The standard InChI is InChI=1S/C16H26N4O.HI/c1-4-17-16(18-11-10-15(21)20-13(2)3)19-12-14-8-6-5-7-9-14;/h5-9,13H,4,10-12H2,1-3H3,(H,20,21)(H2,17,18,19);1H. The molecule has 0 atom stereocenters. The molecule has 3 N–H and O–H groups in total. The Bertz CT molecular complexity index is 449. The molecule has 0 aromatic heterocycles. The van der Waals surface area contributed by atoms with Crippen LogP contribution < -0.4 is 16.0 Å². The maximum Gasteiger partial charge on any atom is 0.221 e. The first-order chi connectivity index (χ1) is 10.1. The predicted octanol–water partition coefficient (Wildman–Crippen LogP) is 2.27. The van der Waals surface area contributed by atoms with E-state index in [1.54, 1.807) is 0 Å². The minimum absolute atomic E-state index is 0. The summed E-state index contributed by atoms with van der Waals surface area (Å²) in [6.45, 7) is 7.91. The number of rotatable bonds is 7. The molecule has 0 aliphatic heterocycles. The molecule has 5 nitrogen and oxygen atoms in total. The number of hydrogen-bond donors (Lipinski definition) is 3. The first-order valence-corrected chi connectivity index (χ1v) is 7.47. The van der Waals surface area contributed by atoms with Crippen molar-refractivity contribution in [3.63, 3.8) is 0 Å². The highest BCUT2D eigenvalue weighted by molar-refractivity contribution is 14.0. The molecule has 0 heterocycles. The Morgan fingerprint density at radius 1 is 1.18 bits per heavy atom. The topological polar surface area (TPSA) is 65.5 Å². The summed E-state index contributed by atoms with van der Waals surface area (Å²) >= 11 is 0. The van der Waals surface area contributed by atoms with Crippen molar-refractivity contribution < 1.29 is 4.79 Å². The molecule has 6 heteroatoms. The van der Waals surface area contributed by atoms with E-state index in [0.717, 1.165) is 18.1 Å². The van der Waals surface area contributed by atoms with Gasteiger partial charge in [0.05, 0.1) is 6.54 Å². The van der Waals surface area contributed by atoms with Crippen LogP contribution in [-0.2, 0) is 11.3 Å². The fourth-order valence-corrected chi connectivity index (χ4v) is 1.78. The largest absolute Gasteiger partial charge is 0.357 e. The maximum absolute atomic E-state index is 11.6. The molecule has 1 rings (SSSR count). The van der Waals surface area contributed by atoms with Crippen molar-refractivity contribution in [3.05, 3.63) is 35.9 Å². The monoisotopic (exact) mass is 418 g/mol. The van der Waals surface area contributed by atoms with Crippen molar-refractivity contribution in [2.75, 3.05) is 13.1 Å². The molecular weight excluding hydrogens is 391 g/mol. The predicted molar refractivity (Wildman–Crippen MR) is 103 cm³/mol. The number of amides is 1. The van der Waals surface area contributed by atoms with Gasteiger partial charge in [0.1, 0.15) is 0 Å². The van der Waals surface area contributed by atoms with Crippen LogP contribution in [0.4, 0.5) is 0 Å². The number of guanidine groups is 1. The van der Waals surface area contributed by atoms with Crippen LogP contribution in [0.2, 0.25) is 0 Å². The number of aliphatic imine (C=N–C) groups is 1. The quantitative estimate of drug-likeness (QED) is 0.362. The molecule has 1 amide bonds. The van der Waals surface area contributed by atoms with Crippen LogP contribution >= 0.6 is 24.0 Å². The summed E-state index contributed by atoms with van der Waals surface area (Å²) in [6, 6.07) is 10.3. The van der Waals surface area contributed by atoms with Gasteiger partial charge in [-0.25, -0.2) is 4.99 Å². The lowest BCUT2D eigenvalue weighted by Gasteiger charge is -2.12. The summed E-state index contributed by atoms with van der Waals surface area (Å²) in [5, 5.41) is 9.21. The SMILES string of the molecule is CCNC(=NCc1ccccc1)NCCC(=O)NC(C)C.I. The first-order valence-electron chi connectivity index (χ1n) is 7.47. The van der Waals surface area contributed by atoms with Crippen LogP contribution in [0.1, 0.15) is 32.8 Å². The Balaban J connectivity index is 0.00000441. The van der Waals surface area contributed by atoms with Crippen molar-refractivity contribution in [3.8, 4) is 0 Å². The Labute approximate surface area is 150 Å². The van der Waals surface area contributed by atoms with Gasteiger partial charge in [0, 0.05) is 25.6 Å². The molecule has 1 aromatic rings. The van der Waals surface area contributed by atoms with Crippen LogP contribution in [0.3, 0.4) is 0 Å². The van der Waals surface area contributed by atoms with Gasteiger partial charge in [-0.3, -0.25) is 4.79 Å². The van der Waals surface area contributed by atoms with E-state index in [1.807, 2.05) is 51.1 Å². The number of hydrogen-bond acceptors (Lipinski definition) is 2. The molecule has 0 unspecified atom stereocenters. The lowest BCUT2D eigenvalue weighted by atomic mass is 10.2. The average molecular weight is 418 g/mol. The van der Waals surface area contributed by atoms with Crippen molar-refractivity contribution in [1.29, 1.82) is 0 Å². The second-order valence-corrected chi connectivity index (χ2v) is 5.08. The van der Waals surface area contributed by atoms with Crippen LogP contribution in [0.5, 0.6) is 0 Å². The molecule has 0 saturated heterocycles. The average Bonchev–Trinajstić information content (AvgIpc) is 2.45.